The third-order valence-corrected chi connectivity index (χ3v) is 6.68. The molecule has 3 heterocycles. The molecule has 220 valence electrons. The van der Waals surface area contributed by atoms with E-state index in [2.05, 4.69) is 38.1 Å². The molecule has 1 amide bonds. The van der Waals surface area contributed by atoms with E-state index in [0.717, 1.165) is 57.6 Å². The number of carboxylic acids is 1. The SMILES string of the molecule is O=C(Cc1coc2ccccc12)Nc1ccc2cc1CCc1cccc(c1)Nc1ncc(Cl)c(n1)N2.O=C(O)C(F)(F)F. The van der Waals surface area contributed by atoms with E-state index in [4.69, 9.17) is 25.9 Å². The van der Waals surface area contributed by atoms with Crippen LogP contribution in [0, 0.1) is 0 Å². The minimum absolute atomic E-state index is 0.101. The van der Waals surface area contributed by atoms with Gasteiger partial charge in [-0.1, -0.05) is 41.9 Å². The largest absolute Gasteiger partial charge is 0.490 e. The monoisotopic (exact) mass is 609 g/mol. The number of rotatable bonds is 3. The zero-order valence-electron chi connectivity index (χ0n) is 22.2. The Bertz CT molecular complexity index is 1810. The highest BCUT2D eigenvalue weighted by molar-refractivity contribution is 6.32. The number of nitrogens with zero attached hydrogens (tertiary/aromatic N) is 2. The van der Waals surface area contributed by atoms with Crippen molar-refractivity contribution in [1.29, 1.82) is 0 Å². The molecule has 1 aliphatic rings. The first-order valence-corrected chi connectivity index (χ1v) is 13.3. The van der Waals surface area contributed by atoms with Gasteiger partial charge in [-0.3, -0.25) is 4.79 Å². The molecule has 1 aliphatic heterocycles. The second kappa shape index (κ2) is 12.4. The van der Waals surface area contributed by atoms with E-state index >= 15 is 0 Å². The van der Waals surface area contributed by atoms with Crippen molar-refractivity contribution in [3.05, 3.63) is 101 Å². The number of carbonyl (C=O) groups is 2. The third-order valence-electron chi connectivity index (χ3n) is 6.41. The molecule has 0 saturated heterocycles. The molecule has 0 saturated carbocycles. The number of benzene rings is 3. The van der Waals surface area contributed by atoms with Crippen LogP contribution in [0.1, 0.15) is 16.7 Å². The van der Waals surface area contributed by atoms with Crippen LogP contribution in [-0.4, -0.2) is 33.1 Å². The van der Waals surface area contributed by atoms with Crippen molar-refractivity contribution in [1.82, 2.24) is 9.97 Å². The topological polar surface area (TPSA) is 129 Å². The smallest absolute Gasteiger partial charge is 0.475 e. The summed E-state index contributed by atoms with van der Waals surface area (Å²) in [7, 11) is 0. The van der Waals surface area contributed by atoms with Gasteiger partial charge in [0.1, 0.15) is 10.6 Å². The summed E-state index contributed by atoms with van der Waals surface area (Å²) >= 11 is 6.36. The van der Waals surface area contributed by atoms with Gasteiger partial charge in [0.15, 0.2) is 5.82 Å². The second-order valence-electron chi connectivity index (χ2n) is 9.50. The van der Waals surface area contributed by atoms with Crippen LogP contribution in [-0.2, 0) is 28.9 Å². The lowest BCUT2D eigenvalue weighted by molar-refractivity contribution is -0.192. The molecule has 0 spiro atoms. The van der Waals surface area contributed by atoms with Gasteiger partial charge >= 0.3 is 12.1 Å². The van der Waals surface area contributed by atoms with Crippen molar-refractivity contribution in [2.75, 3.05) is 16.0 Å². The number of hydrogen-bond donors (Lipinski definition) is 4. The Labute approximate surface area is 247 Å². The number of anilines is 5. The third kappa shape index (κ3) is 7.41. The summed E-state index contributed by atoms with van der Waals surface area (Å²) in [6.45, 7) is 0. The molecule has 0 unspecified atom stereocenters. The highest BCUT2D eigenvalue weighted by atomic mass is 35.5. The van der Waals surface area contributed by atoms with E-state index in [1.54, 1.807) is 12.5 Å². The lowest BCUT2D eigenvalue weighted by Gasteiger charge is -2.14. The Morgan fingerprint density at radius 2 is 1.77 bits per heavy atom. The van der Waals surface area contributed by atoms with Crippen LogP contribution in [0.25, 0.3) is 11.0 Å². The Morgan fingerprint density at radius 3 is 2.56 bits per heavy atom. The Morgan fingerprint density at radius 1 is 1.00 bits per heavy atom. The van der Waals surface area contributed by atoms with Crippen molar-refractivity contribution < 1.29 is 32.3 Å². The first-order valence-electron chi connectivity index (χ1n) is 12.9. The number of para-hydroxylation sites is 1. The minimum atomic E-state index is -5.08. The lowest BCUT2D eigenvalue weighted by Crippen LogP contribution is -2.21. The summed E-state index contributed by atoms with van der Waals surface area (Å²) in [5, 5.41) is 18.1. The summed E-state index contributed by atoms with van der Waals surface area (Å²) in [5.74, 6) is -1.91. The molecular formula is C30H23ClF3N5O4. The van der Waals surface area contributed by atoms with Crippen LogP contribution in [0.5, 0.6) is 0 Å². The highest BCUT2D eigenvalue weighted by Gasteiger charge is 2.38. The molecule has 0 fully saturated rings. The van der Waals surface area contributed by atoms with Crippen LogP contribution < -0.4 is 16.0 Å². The van der Waals surface area contributed by atoms with Crippen molar-refractivity contribution >= 4 is 63.3 Å². The number of halogens is 4. The van der Waals surface area contributed by atoms with E-state index in [1.165, 1.54) is 0 Å². The normalized spacial score (nSPS) is 12.3. The summed E-state index contributed by atoms with van der Waals surface area (Å²) in [6, 6.07) is 21.7. The van der Waals surface area contributed by atoms with Gasteiger partial charge < -0.3 is 25.5 Å². The Kier molecular flexibility index (Phi) is 8.48. The van der Waals surface area contributed by atoms with Crippen LogP contribution >= 0.6 is 11.6 Å². The zero-order valence-corrected chi connectivity index (χ0v) is 23.0. The number of furan rings is 1. The average Bonchev–Trinajstić information content (AvgIpc) is 3.37. The molecule has 5 aromatic rings. The maximum atomic E-state index is 13.0. The first kappa shape index (κ1) is 29.4. The zero-order chi connectivity index (χ0) is 30.6. The fourth-order valence-electron chi connectivity index (χ4n) is 4.40. The first-order chi connectivity index (χ1) is 20.5. The van der Waals surface area contributed by atoms with Crippen LogP contribution in [0.2, 0.25) is 5.02 Å². The summed E-state index contributed by atoms with van der Waals surface area (Å²) in [4.78, 5) is 30.7. The van der Waals surface area contributed by atoms with Gasteiger partial charge in [-0.2, -0.15) is 18.2 Å². The number of hydrogen-bond acceptors (Lipinski definition) is 7. The van der Waals surface area contributed by atoms with Gasteiger partial charge in [0, 0.05) is 28.0 Å². The van der Waals surface area contributed by atoms with Crippen LogP contribution in [0.3, 0.4) is 0 Å². The van der Waals surface area contributed by atoms with Gasteiger partial charge in [-0.05, 0) is 60.4 Å². The number of carbonyl (C=O) groups excluding carboxylic acids is 1. The number of fused-ring (bicyclic) bond motifs is 7. The van der Waals surface area contributed by atoms with Gasteiger partial charge in [0.2, 0.25) is 11.9 Å². The number of amides is 1. The molecule has 4 N–H and O–H groups in total. The fourth-order valence-corrected chi connectivity index (χ4v) is 4.54. The Balaban J connectivity index is 0.000000472. The highest BCUT2D eigenvalue weighted by Crippen LogP contribution is 2.30. The molecule has 0 atom stereocenters. The minimum Gasteiger partial charge on any atom is -0.475 e. The lowest BCUT2D eigenvalue weighted by atomic mass is 10.0. The van der Waals surface area contributed by atoms with Gasteiger partial charge in [0.05, 0.1) is 18.9 Å². The standard InChI is InChI=1S/C28H22ClN5O2.C2HF3O2/c29-23-15-30-28-32-20-5-3-4-17(12-20)8-9-18-13-21(31-27(23)34-28)10-11-24(18)33-26(35)14-19-16-36-25-7-2-1-6-22(19)25;3-2(4,5)1(6)7/h1-7,10-13,15-16H,8-9,14H2,(H,33,35)(H2,30,31,32,34);(H,6,7). The van der Waals surface area contributed by atoms with Crippen molar-refractivity contribution in [3.63, 3.8) is 0 Å². The summed E-state index contributed by atoms with van der Waals surface area (Å²) in [5.41, 5.74) is 6.30. The molecule has 6 bridgehead atoms. The number of carboxylic acid groups (broad SMARTS) is 1. The Hall–Kier alpha value is -5.10. The van der Waals surface area contributed by atoms with Crippen LogP contribution in [0.15, 0.2) is 83.6 Å². The molecule has 0 radical (unpaired) electrons. The van der Waals surface area contributed by atoms with Crippen LogP contribution in [0.4, 0.5) is 42.0 Å². The molecular weight excluding hydrogens is 587 g/mol. The van der Waals surface area contributed by atoms with Gasteiger partial charge in [0.25, 0.3) is 0 Å². The molecule has 13 heteroatoms. The second-order valence-corrected chi connectivity index (χ2v) is 9.90. The molecule has 3 aromatic carbocycles. The van der Waals surface area contributed by atoms with Crippen molar-refractivity contribution in [3.8, 4) is 0 Å². The van der Waals surface area contributed by atoms with E-state index in [1.807, 2.05) is 54.6 Å². The van der Waals surface area contributed by atoms with E-state index in [9.17, 15) is 18.0 Å². The summed E-state index contributed by atoms with van der Waals surface area (Å²) in [6.07, 6.45) is -0.102. The van der Waals surface area contributed by atoms with Gasteiger partial charge in [-0.25, -0.2) is 9.78 Å². The maximum absolute atomic E-state index is 13.0. The molecule has 2 aromatic heterocycles. The van der Waals surface area contributed by atoms with E-state index in [0.29, 0.717) is 16.8 Å². The van der Waals surface area contributed by atoms with E-state index in [-0.39, 0.29) is 12.3 Å². The number of alkyl halides is 3. The summed E-state index contributed by atoms with van der Waals surface area (Å²) < 4.78 is 37.3. The van der Waals surface area contributed by atoms with Gasteiger partial charge in [-0.15, -0.1) is 0 Å². The van der Waals surface area contributed by atoms with E-state index < -0.39 is 12.1 Å². The molecule has 6 rings (SSSR count). The number of aliphatic carboxylic acids is 1. The molecule has 9 nitrogen and oxygen atoms in total. The molecule has 43 heavy (non-hydrogen) atoms. The fraction of sp³-hybridized carbons (Fsp3) is 0.133. The average molecular weight is 610 g/mol. The molecule has 0 aliphatic carbocycles. The predicted molar refractivity (Wildman–Crippen MR) is 156 cm³/mol. The quantitative estimate of drug-likeness (QED) is 0.168. The maximum Gasteiger partial charge on any atom is 0.490 e. The predicted octanol–water partition coefficient (Wildman–Crippen LogP) is 7.28. The van der Waals surface area contributed by atoms with Crippen molar-refractivity contribution in [2.24, 2.45) is 0 Å². The van der Waals surface area contributed by atoms with Crippen molar-refractivity contribution in [2.45, 2.75) is 25.4 Å². The number of nitrogens with one attached hydrogen (secondary N) is 3. The number of aryl methyl sites for hydroxylation is 2. The number of aromatic nitrogens is 2.